The molecule has 6 heteroatoms. The van der Waals surface area contributed by atoms with E-state index in [1.807, 2.05) is 6.92 Å². The van der Waals surface area contributed by atoms with E-state index in [9.17, 15) is 5.11 Å². The lowest BCUT2D eigenvalue weighted by Crippen LogP contribution is -2.41. The lowest BCUT2D eigenvalue weighted by Gasteiger charge is -2.36. The zero-order valence-electron chi connectivity index (χ0n) is 13.5. The number of rotatable bonds is 3. The van der Waals surface area contributed by atoms with E-state index in [-0.39, 0.29) is 6.10 Å². The van der Waals surface area contributed by atoms with Crippen molar-refractivity contribution in [1.82, 2.24) is 9.88 Å². The van der Waals surface area contributed by atoms with Crippen LogP contribution in [0.1, 0.15) is 30.5 Å². The van der Waals surface area contributed by atoms with E-state index in [0.29, 0.717) is 16.5 Å². The number of aliphatic hydroxyl groups is 1. The fourth-order valence-electron chi connectivity index (χ4n) is 3.65. The fraction of sp³-hybridized carbons (Fsp3) is 0.647. The molecule has 1 aromatic rings. The van der Waals surface area contributed by atoms with Crippen molar-refractivity contribution in [3.8, 4) is 6.07 Å². The van der Waals surface area contributed by atoms with Gasteiger partial charge in [-0.15, -0.1) is 0 Å². The third kappa shape index (κ3) is 3.77. The van der Waals surface area contributed by atoms with Crippen LogP contribution in [0.15, 0.2) is 6.07 Å². The van der Waals surface area contributed by atoms with Gasteiger partial charge in [0.25, 0.3) is 0 Å². The Labute approximate surface area is 142 Å². The molecule has 3 heterocycles. The molecule has 2 saturated heterocycles. The highest BCUT2D eigenvalue weighted by Gasteiger charge is 2.27. The van der Waals surface area contributed by atoms with E-state index in [4.69, 9.17) is 16.9 Å². The summed E-state index contributed by atoms with van der Waals surface area (Å²) in [7, 11) is 0. The van der Waals surface area contributed by atoms with Gasteiger partial charge in [0.1, 0.15) is 11.9 Å². The van der Waals surface area contributed by atoms with Gasteiger partial charge in [0.15, 0.2) is 0 Å². The van der Waals surface area contributed by atoms with Crippen LogP contribution in [-0.2, 0) is 0 Å². The summed E-state index contributed by atoms with van der Waals surface area (Å²) in [5.74, 6) is 1.37. The van der Waals surface area contributed by atoms with Crippen molar-refractivity contribution in [2.45, 2.75) is 32.3 Å². The average molecular weight is 335 g/mol. The predicted molar refractivity (Wildman–Crippen MR) is 90.7 cm³/mol. The van der Waals surface area contributed by atoms with Crippen LogP contribution in [0.2, 0.25) is 5.02 Å². The molecule has 1 aromatic heterocycles. The first-order valence-corrected chi connectivity index (χ1v) is 8.67. The number of nitriles is 1. The fourth-order valence-corrected chi connectivity index (χ4v) is 3.92. The first-order valence-electron chi connectivity index (χ1n) is 8.29. The number of β-amino-alcohol motifs (C(OH)–C–C–N with tert-alkyl or cyclic N) is 1. The Bertz CT molecular complexity index is 615. The summed E-state index contributed by atoms with van der Waals surface area (Å²) in [6, 6.07) is 3.85. The maximum Gasteiger partial charge on any atom is 0.147 e. The van der Waals surface area contributed by atoms with Crippen molar-refractivity contribution in [2.75, 3.05) is 37.6 Å². The summed E-state index contributed by atoms with van der Waals surface area (Å²) in [6.45, 7) is 6.56. The number of aromatic nitrogens is 1. The van der Waals surface area contributed by atoms with E-state index in [2.05, 4.69) is 20.9 Å². The smallest absolute Gasteiger partial charge is 0.147 e. The molecule has 2 fully saturated rings. The zero-order chi connectivity index (χ0) is 16.4. The minimum absolute atomic E-state index is 0.160. The summed E-state index contributed by atoms with van der Waals surface area (Å²) in [6.07, 6.45) is 3.05. The van der Waals surface area contributed by atoms with Crippen molar-refractivity contribution < 1.29 is 5.11 Å². The summed E-state index contributed by atoms with van der Waals surface area (Å²) < 4.78 is 0. The van der Waals surface area contributed by atoms with Crippen LogP contribution in [0.3, 0.4) is 0 Å². The Morgan fingerprint density at radius 1 is 1.39 bits per heavy atom. The number of anilines is 1. The third-order valence-electron chi connectivity index (χ3n) is 4.85. The van der Waals surface area contributed by atoms with Crippen molar-refractivity contribution in [2.24, 2.45) is 5.92 Å². The maximum atomic E-state index is 9.67. The number of nitrogens with zero attached hydrogens (tertiary/aromatic N) is 4. The van der Waals surface area contributed by atoms with Gasteiger partial charge in [0, 0.05) is 32.7 Å². The Morgan fingerprint density at radius 3 is 2.91 bits per heavy atom. The highest BCUT2D eigenvalue weighted by Crippen LogP contribution is 2.30. The molecule has 0 amide bonds. The number of halogens is 1. The molecule has 23 heavy (non-hydrogen) atoms. The zero-order valence-corrected chi connectivity index (χ0v) is 14.3. The second-order valence-electron chi connectivity index (χ2n) is 6.69. The largest absolute Gasteiger partial charge is 0.392 e. The first kappa shape index (κ1) is 16.5. The Hall–Kier alpha value is -1.35. The molecule has 0 saturated carbocycles. The Balaban J connectivity index is 1.69. The predicted octanol–water partition coefficient (Wildman–Crippen LogP) is 2.20. The molecule has 3 rings (SSSR count). The van der Waals surface area contributed by atoms with Crippen LogP contribution in [-0.4, -0.2) is 53.8 Å². The van der Waals surface area contributed by atoms with Crippen LogP contribution >= 0.6 is 11.6 Å². The highest BCUT2D eigenvalue weighted by atomic mass is 35.5. The van der Waals surface area contributed by atoms with Crippen molar-refractivity contribution >= 4 is 17.4 Å². The van der Waals surface area contributed by atoms with E-state index in [0.717, 1.165) is 57.1 Å². The van der Waals surface area contributed by atoms with E-state index in [1.54, 1.807) is 6.07 Å². The SMILES string of the molecule is Cc1nc(N2CCC[C@@H](CN3CC[C@@H](O)C3)C2)c(Cl)cc1C#N. The van der Waals surface area contributed by atoms with Crippen LogP contribution in [0.25, 0.3) is 0 Å². The summed E-state index contributed by atoms with van der Waals surface area (Å²) in [5.41, 5.74) is 1.27. The summed E-state index contributed by atoms with van der Waals surface area (Å²) in [4.78, 5) is 9.17. The minimum atomic E-state index is -0.160. The molecule has 0 radical (unpaired) electrons. The summed E-state index contributed by atoms with van der Waals surface area (Å²) in [5, 5.41) is 19.3. The second kappa shape index (κ2) is 7.04. The van der Waals surface area contributed by atoms with Crippen LogP contribution < -0.4 is 4.90 Å². The van der Waals surface area contributed by atoms with Gasteiger partial charge in [-0.05, 0) is 38.2 Å². The number of aryl methyl sites for hydroxylation is 1. The molecule has 0 aromatic carbocycles. The maximum absolute atomic E-state index is 9.67. The third-order valence-corrected chi connectivity index (χ3v) is 5.13. The number of likely N-dealkylation sites (tertiary alicyclic amines) is 1. The lowest BCUT2D eigenvalue weighted by molar-refractivity contribution is 0.167. The van der Waals surface area contributed by atoms with Crippen LogP contribution in [0.5, 0.6) is 0 Å². The minimum Gasteiger partial charge on any atom is -0.392 e. The average Bonchev–Trinajstić information content (AvgIpc) is 2.94. The van der Waals surface area contributed by atoms with Gasteiger partial charge < -0.3 is 14.9 Å². The van der Waals surface area contributed by atoms with Gasteiger partial charge in [0.05, 0.1) is 22.4 Å². The lowest BCUT2D eigenvalue weighted by atomic mass is 9.97. The first-order chi connectivity index (χ1) is 11.1. The number of piperidine rings is 1. The number of hydrogen-bond donors (Lipinski definition) is 1. The van der Waals surface area contributed by atoms with Crippen molar-refractivity contribution in [3.05, 3.63) is 22.3 Å². The van der Waals surface area contributed by atoms with Crippen LogP contribution in [0.4, 0.5) is 5.82 Å². The molecular formula is C17H23ClN4O. The van der Waals surface area contributed by atoms with E-state index >= 15 is 0 Å². The molecule has 5 nitrogen and oxygen atoms in total. The van der Waals surface area contributed by atoms with Crippen molar-refractivity contribution in [3.63, 3.8) is 0 Å². The Kier molecular flexibility index (Phi) is 5.05. The highest BCUT2D eigenvalue weighted by molar-refractivity contribution is 6.33. The summed E-state index contributed by atoms with van der Waals surface area (Å²) >= 11 is 6.35. The number of aliphatic hydroxyl groups excluding tert-OH is 1. The number of pyridine rings is 1. The standard InChI is InChI=1S/C17H23ClN4O/c1-12-14(8-19)7-16(18)17(20-12)22-5-2-3-13(10-22)9-21-6-4-15(23)11-21/h7,13,15,23H,2-6,9-11H2,1H3/t13-,15+/m0/s1. The normalized spacial score (nSPS) is 25.6. The molecule has 0 unspecified atom stereocenters. The van der Waals surface area contributed by atoms with Crippen molar-refractivity contribution in [1.29, 1.82) is 5.26 Å². The van der Waals surface area contributed by atoms with Gasteiger partial charge in [-0.2, -0.15) is 5.26 Å². The molecule has 2 aliphatic rings. The van der Waals surface area contributed by atoms with Gasteiger partial charge in [0.2, 0.25) is 0 Å². The molecule has 124 valence electrons. The molecule has 0 aliphatic carbocycles. The number of hydrogen-bond acceptors (Lipinski definition) is 5. The quantitative estimate of drug-likeness (QED) is 0.918. The topological polar surface area (TPSA) is 63.4 Å². The Morgan fingerprint density at radius 2 is 2.22 bits per heavy atom. The molecule has 2 atom stereocenters. The van der Waals surface area contributed by atoms with E-state index in [1.165, 1.54) is 6.42 Å². The molecule has 1 N–H and O–H groups in total. The monoisotopic (exact) mass is 334 g/mol. The molecule has 0 spiro atoms. The van der Waals surface area contributed by atoms with Crippen LogP contribution in [0, 0.1) is 24.2 Å². The molecular weight excluding hydrogens is 312 g/mol. The van der Waals surface area contributed by atoms with E-state index < -0.39 is 0 Å². The molecule has 0 bridgehead atoms. The second-order valence-corrected chi connectivity index (χ2v) is 7.10. The van der Waals surface area contributed by atoms with Gasteiger partial charge in [-0.1, -0.05) is 11.6 Å². The molecule has 2 aliphatic heterocycles. The van der Waals surface area contributed by atoms with Gasteiger partial charge >= 0.3 is 0 Å². The van der Waals surface area contributed by atoms with Gasteiger partial charge in [-0.25, -0.2) is 4.98 Å². The van der Waals surface area contributed by atoms with Gasteiger partial charge in [-0.3, -0.25) is 0 Å².